The molecule has 1 aromatic carbocycles. The highest BCUT2D eigenvalue weighted by Crippen LogP contribution is 2.32. The van der Waals surface area contributed by atoms with Crippen molar-refractivity contribution in [1.29, 1.82) is 0 Å². The summed E-state index contributed by atoms with van der Waals surface area (Å²) < 4.78 is 23.6. The van der Waals surface area contributed by atoms with E-state index in [2.05, 4.69) is 29.5 Å². The lowest BCUT2D eigenvalue weighted by molar-refractivity contribution is -0.115. The van der Waals surface area contributed by atoms with Crippen LogP contribution in [-0.2, 0) is 27.6 Å². The molecular formula is C21H33N3O3S2. The van der Waals surface area contributed by atoms with Gasteiger partial charge in [-0.25, -0.2) is 13.4 Å². The molecule has 1 aromatic heterocycles. The van der Waals surface area contributed by atoms with Crippen molar-refractivity contribution in [2.24, 2.45) is 0 Å². The van der Waals surface area contributed by atoms with Gasteiger partial charge in [0.05, 0.1) is 22.8 Å². The van der Waals surface area contributed by atoms with Gasteiger partial charge in [-0.15, -0.1) is 11.3 Å². The minimum Gasteiger partial charge on any atom is -0.304 e. The summed E-state index contributed by atoms with van der Waals surface area (Å²) in [5.41, 5.74) is 1.77. The largest absolute Gasteiger partial charge is 0.304 e. The summed E-state index contributed by atoms with van der Waals surface area (Å²) in [6, 6.07) is 6.67. The molecule has 29 heavy (non-hydrogen) atoms. The summed E-state index contributed by atoms with van der Waals surface area (Å²) in [4.78, 5) is 18.0. The Morgan fingerprint density at radius 2 is 1.79 bits per heavy atom. The van der Waals surface area contributed by atoms with Crippen molar-refractivity contribution in [3.05, 3.63) is 40.4 Å². The predicted octanol–water partition coefficient (Wildman–Crippen LogP) is 4.72. The number of amides is 1. The van der Waals surface area contributed by atoms with Gasteiger partial charge in [0.15, 0.2) is 15.0 Å². The molecule has 8 heteroatoms. The van der Waals surface area contributed by atoms with Crippen molar-refractivity contribution < 1.29 is 13.2 Å². The first kappa shape index (κ1) is 25.3. The third-order valence-electron chi connectivity index (χ3n) is 3.98. The number of anilines is 1. The maximum absolute atomic E-state index is 12.1. The lowest BCUT2D eigenvalue weighted by atomic mass is 10.1. The number of hydrogen-bond acceptors (Lipinski definition) is 6. The van der Waals surface area contributed by atoms with E-state index in [0.717, 1.165) is 22.7 Å². The van der Waals surface area contributed by atoms with E-state index < -0.39 is 9.84 Å². The van der Waals surface area contributed by atoms with Crippen LogP contribution in [-0.4, -0.2) is 25.1 Å². The van der Waals surface area contributed by atoms with Gasteiger partial charge in [0, 0.05) is 17.5 Å². The minimum absolute atomic E-state index is 0.0643. The summed E-state index contributed by atoms with van der Waals surface area (Å²) in [6.45, 7) is 12.7. The Labute approximate surface area is 179 Å². The fourth-order valence-corrected chi connectivity index (χ4v) is 4.46. The van der Waals surface area contributed by atoms with Crippen molar-refractivity contribution >= 4 is 32.2 Å². The van der Waals surface area contributed by atoms with Crippen LogP contribution in [0.3, 0.4) is 0 Å². The third-order valence-corrected chi connectivity index (χ3v) is 6.72. The first-order valence-electron chi connectivity index (χ1n) is 10.1. The molecule has 0 radical (unpaired) electrons. The lowest BCUT2D eigenvalue weighted by Gasteiger charge is -2.05. The SMILES string of the molecule is CC.CCC.CCS(=O)(=O)c1ccc(CC(=O)Nc2nc3c(s2)CNC3C)cc1. The molecule has 2 aromatic rings. The van der Waals surface area contributed by atoms with Crippen LogP contribution in [0.1, 0.15) is 70.1 Å². The molecule has 0 fully saturated rings. The van der Waals surface area contributed by atoms with Crippen molar-refractivity contribution in [1.82, 2.24) is 10.3 Å². The number of thiazole rings is 1. The van der Waals surface area contributed by atoms with E-state index in [-0.39, 0.29) is 29.0 Å². The quantitative estimate of drug-likeness (QED) is 0.703. The molecule has 1 unspecified atom stereocenters. The summed E-state index contributed by atoms with van der Waals surface area (Å²) in [5.74, 6) is -0.0939. The second-order valence-corrected chi connectivity index (χ2v) is 9.77. The molecular weight excluding hydrogens is 406 g/mol. The fraction of sp³-hybridized carbons (Fsp3) is 0.524. The van der Waals surface area contributed by atoms with Crippen LogP contribution >= 0.6 is 11.3 Å². The molecule has 2 heterocycles. The lowest BCUT2D eigenvalue weighted by Crippen LogP contribution is -2.15. The molecule has 2 N–H and O–H groups in total. The Balaban J connectivity index is 0.000000771. The molecule has 1 amide bonds. The number of rotatable bonds is 5. The number of hydrogen-bond donors (Lipinski definition) is 2. The normalized spacial score (nSPS) is 14.8. The third kappa shape index (κ3) is 7.21. The van der Waals surface area contributed by atoms with E-state index in [4.69, 9.17) is 0 Å². The molecule has 0 aliphatic carbocycles. The zero-order valence-electron chi connectivity index (χ0n) is 18.2. The Morgan fingerprint density at radius 1 is 1.21 bits per heavy atom. The van der Waals surface area contributed by atoms with Gasteiger partial charge in [-0.3, -0.25) is 4.79 Å². The van der Waals surface area contributed by atoms with Gasteiger partial charge < -0.3 is 10.6 Å². The first-order valence-corrected chi connectivity index (χ1v) is 12.6. The Morgan fingerprint density at radius 3 is 2.31 bits per heavy atom. The van der Waals surface area contributed by atoms with E-state index in [1.54, 1.807) is 31.2 Å². The highest BCUT2D eigenvalue weighted by Gasteiger charge is 2.23. The summed E-state index contributed by atoms with van der Waals surface area (Å²) in [5, 5.41) is 6.73. The molecule has 1 aliphatic rings. The van der Waals surface area contributed by atoms with Crippen molar-refractivity contribution in [3.63, 3.8) is 0 Å². The van der Waals surface area contributed by atoms with Crippen molar-refractivity contribution in [2.75, 3.05) is 11.1 Å². The first-order chi connectivity index (χ1) is 13.8. The second kappa shape index (κ2) is 12.0. The van der Waals surface area contributed by atoms with E-state index in [1.165, 1.54) is 17.8 Å². The van der Waals surface area contributed by atoms with Crippen molar-refractivity contribution in [3.8, 4) is 0 Å². The Hall–Kier alpha value is -1.77. The topological polar surface area (TPSA) is 88.2 Å². The molecule has 3 rings (SSSR count). The monoisotopic (exact) mass is 439 g/mol. The number of aromatic nitrogens is 1. The van der Waals surface area contributed by atoms with Crippen LogP contribution in [0.15, 0.2) is 29.2 Å². The smallest absolute Gasteiger partial charge is 0.230 e. The van der Waals surface area contributed by atoms with E-state index >= 15 is 0 Å². The van der Waals surface area contributed by atoms with Gasteiger partial charge >= 0.3 is 0 Å². The Bertz CT molecular complexity index is 875. The van der Waals surface area contributed by atoms with Crippen LogP contribution in [0, 0.1) is 0 Å². The number of carbonyl (C=O) groups excluding carboxylic acids is 1. The number of benzene rings is 1. The number of nitrogens with one attached hydrogen (secondary N) is 2. The van der Waals surface area contributed by atoms with Crippen LogP contribution in [0.2, 0.25) is 0 Å². The zero-order chi connectivity index (χ0) is 22.0. The predicted molar refractivity (Wildman–Crippen MR) is 121 cm³/mol. The molecule has 0 bridgehead atoms. The standard InChI is InChI=1S/C16H19N3O3S2.C3H8.C2H6/c1-3-24(21,22)12-6-4-11(5-7-12)8-14(20)18-16-19-15-10(2)17-9-13(15)23-16;1-3-2;1-2/h4-7,10,17H,3,8-9H2,1-2H3,(H,18,19,20);3H2,1-2H3;1-2H3. The van der Waals surface area contributed by atoms with Crippen LogP contribution < -0.4 is 10.6 Å². The van der Waals surface area contributed by atoms with E-state index in [0.29, 0.717) is 5.13 Å². The van der Waals surface area contributed by atoms with E-state index in [9.17, 15) is 13.2 Å². The molecule has 162 valence electrons. The van der Waals surface area contributed by atoms with Crippen LogP contribution in [0.4, 0.5) is 5.13 Å². The van der Waals surface area contributed by atoms with Gasteiger partial charge in [-0.2, -0.15) is 0 Å². The summed E-state index contributed by atoms with van der Waals surface area (Å²) in [6.07, 6.45) is 1.44. The highest BCUT2D eigenvalue weighted by atomic mass is 32.2. The van der Waals surface area contributed by atoms with Crippen LogP contribution in [0.25, 0.3) is 0 Å². The minimum atomic E-state index is -3.21. The molecule has 1 aliphatic heterocycles. The number of sulfone groups is 1. The van der Waals surface area contributed by atoms with Gasteiger partial charge in [-0.1, -0.05) is 53.2 Å². The molecule has 0 saturated heterocycles. The van der Waals surface area contributed by atoms with Crippen molar-refractivity contribution in [2.45, 2.75) is 71.9 Å². The molecule has 0 spiro atoms. The zero-order valence-corrected chi connectivity index (χ0v) is 19.8. The molecule has 0 saturated carbocycles. The molecule has 6 nitrogen and oxygen atoms in total. The van der Waals surface area contributed by atoms with Gasteiger partial charge in [0.1, 0.15) is 0 Å². The summed E-state index contributed by atoms with van der Waals surface area (Å²) >= 11 is 1.49. The molecule has 1 atom stereocenters. The number of nitrogens with zero attached hydrogens (tertiary/aromatic N) is 1. The maximum atomic E-state index is 12.1. The maximum Gasteiger partial charge on any atom is 0.230 e. The average molecular weight is 440 g/mol. The number of carbonyl (C=O) groups is 1. The van der Waals surface area contributed by atoms with E-state index in [1.807, 2.05) is 20.8 Å². The van der Waals surface area contributed by atoms with Gasteiger partial charge in [-0.05, 0) is 24.6 Å². The van der Waals surface area contributed by atoms with Crippen LogP contribution in [0.5, 0.6) is 0 Å². The summed E-state index contributed by atoms with van der Waals surface area (Å²) in [7, 11) is -3.21. The fourth-order valence-electron chi connectivity index (χ4n) is 2.55. The average Bonchev–Trinajstić information content (AvgIpc) is 3.25. The van der Waals surface area contributed by atoms with Gasteiger partial charge in [0.2, 0.25) is 5.91 Å². The highest BCUT2D eigenvalue weighted by molar-refractivity contribution is 7.91. The van der Waals surface area contributed by atoms with Gasteiger partial charge in [0.25, 0.3) is 0 Å². The second-order valence-electron chi connectivity index (χ2n) is 6.41. The number of fused-ring (bicyclic) bond motifs is 1. The Kier molecular flexibility index (Phi) is 10.5.